The first-order valence-electron chi connectivity index (χ1n) is 56.9. The maximum atomic E-state index is 15.4. The molecule has 0 aliphatic rings. The van der Waals surface area contributed by atoms with Crippen molar-refractivity contribution in [1.29, 1.82) is 0 Å². The van der Waals surface area contributed by atoms with E-state index in [1.54, 1.807) is 0 Å². The van der Waals surface area contributed by atoms with Gasteiger partial charge in [-0.15, -0.1) is 0 Å². The monoisotopic (exact) mass is 1730 g/mol. The van der Waals surface area contributed by atoms with Crippen molar-refractivity contribution in [1.82, 2.24) is 34.7 Å². The minimum atomic E-state index is 0.238. The standard InChI is InChI=1S/C112H225N7O4/c1-9-17-25-33-41-49-57-65-73-82-95-116(96-83-74-66-58-50-42-34-26-18-10-2)109(120)91-81-90-94-115(108-112(123)119(101-88-79-71-63-55-47-39-31-23-15-7)102-89-80-72-64-56-48-40-32-24-16-8)106-105-114(103-92-110(121)117(97-84-75-67-59-51-43-35-27-19-11-3)98-85-76-68-60-52-44-36-28-20-12-4)104-93-113-107-111(122)118(99-86-77-69-61-53-45-37-29-21-13-5)100-87-78-70-62-54-46-38-30-22-14-6/h113H,9-108H2,1-8H3. The summed E-state index contributed by atoms with van der Waals surface area (Å²) < 4.78 is 0. The van der Waals surface area contributed by atoms with Gasteiger partial charge < -0.3 is 29.8 Å². The third kappa shape index (κ3) is 87.5. The lowest BCUT2D eigenvalue weighted by atomic mass is 10.1. The topological polar surface area (TPSA) is 99.8 Å². The summed E-state index contributed by atoms with van der Waals surface area (Å²) in [5.41, 5.74) is 0. The van der Waals surface area contributed by atoms with Crippen molar-refractivity contribution in [2.45, 2.75) is 595 Å². The van der Waals surface area contributed by atoms with E-state index in [4.69, 9.17) is 0 Å². The van der Waals surface area contributed by atoms with E-state index in [-0.39, 0.29) is 11.8 Å². The first kappa shape index (κ1) is 121. The van der Waals surface area contributed by atoms with Crippen LogP contribution in [0.25, 0.3) is 0 Å². The van der Waals surface area contributed by atoms with E-state index < -0.39 is 0 Å². The number of nitrogens with one attached hydrogen (secondary N) is 1. The van der Waals surface area contributed by atoms with Crippen LogP contribution in [-0.2, 0) is 19.2 Å². The van der Waals surface area contributed by atoms with Gasteiger partial charge in [-0.05, 0) is 70.8 Å². The molecule has 0 radical (unpaired) electrons. The summed E-state index contributed by atoms with van der Waals surface area (Å²) in [6.45, 7) is 30.4. The SMILES string of the molecule is CCCCCCCCCCCCN(CCCCCCCCCCCC)C(=O)CCCCN(CCN(CCNCC(=O)N(CCCCCCCCCCCC)CCCCCCCCCCCC)CCC(=O)N(CCCCCCCCCCCC)CCCCCCCCCCCC)CC(=O)N(CCCCCCCCCCCC)CCCCCCCCCCCC. The van der Waals surface area contributed by atoms with E-state index >= 15 is 9.59 Å². The second-order valence-electron chi connectivity index (χ2n) is 39.5. The van der Waals surface area contributed by atoms with Gasteiger partial charge in [-0.1, -0.05) is 518 Å². The largest absolute Gasteiger partial charge is 0.343 e. The van der Waals surface area contributed by atoms with Crippen LogP contribution in [0.1, 0.15) is 595 Å². The first-order valence-corrected chi connectivity index (χ1v) is 56.9. The van der Waals surface area contributed by atoms with Gasteiger partial charge in [-0.2, -0.15) is 0 Å². The van der Waals surface area contributed by atoms with E-state index in [2.05, 4.69) is 90.1 Å². The van der Waals surface area contributed by atoms with Crippen molar-refractivity contribution in [2.24, 2.45) is 0 Å². The van der Waals surface area contributed by atoms with Crippen LogP contribution in [0.2, 0.25) is 0 Å². The van der Waals surface area contributed by atoms with Crippen LogP contribution in [0.15, 0.2) is 0 Å². The number of unbranched alkanes of at least 4 members (excludes halogenated alkanes) is 73. The molecule has 0 saturated heterocycles. The predicted octanol–water partition coefficient (Wildman–Crippen LogP) is 33.4. The summed E-state index contributed by atoms with van der Waals surface area (Å²) in [5, 5.41) is 3.72. The van der Waals surface area contributed by atoms with Crippen LogP contribution in [0, 0.1) is 0 Å². The van der Waals surface area contributed by atoms with Crippen molar-refractivity contribution in [3.05, 3.63) is 0 Å². The lowest BCUT2D eigenvalue weighted by Gasteiger charge is -2.31. The molecule has 0 bridgehead atoms. The molecule has 0 aromatic rings. The van der Waals surface area contributed by atoms with Gasteiger partial charge >= 0.3 is 0 Å². The molecule has 732 valence electrons. The van der Waals surface area contributed by atoms with Crippen molar-refractivity contribution in [2.75, 3.05) is 105 Å². The Bertz CT molecular complexity index is 2000. The Balaban J connectivity index is 7.38. The average molecular weight is 1730 g/mol. The quantitative estimate of drug-likeness (QED) is 0.0606. The molecule has 11 nitrogen and oxygen atoms in total. The van der Waals surface area contributed by atoms with Crippen molar-refractivity contribution >= 4 is 23.6 Å². The highest BCUT2D eigenvalue weighted by atomic mass is 16.2. The zero-order valence-corrected chi connectivity index (χ0v) is 85.5. The van der Waals surface area contributed by atoms with Crippen molar-refractivity contribution < 1.29 is 19.2 Å². The number of carbonyl (C=O) groups excluding carboxylic acids is 4. The summed E-state index contributed by atoms with van der Waals surface area (Å²) in [6, 6.07) is 0. The maximum Gasteiger partial charge on any atom is 0.236 e. The molecule has 123 heavy (non-hydrogen) atoms. The summed E-state index contributed by atoms with van der Waals surface area (Å²) in [6.07, 6.45) is 106. The number of hydrogen-bond acceptors (Lipinski definition) is 7. The van der Waals surface area contributed by atoms with Gasteiger partial charge in [0.2, 0.25) is 23.6 Å². The molecule has 0 rings (SSSR count). The highest BCUT2D eigenvalue weighted by molar-refractivity contribution is 5.79. The predicted molar refractivity (Wildman–Crippen MR) is 545 cm³/mol. The molecule has 0 saturated carbocycles. The van der Waals surface area contributed by atoms with Gasteiger partial charge in [0.25, 0.3) is 0 Å². The van der Waals surface area contributed by atoms with Crippen LogP contribution in [0.4, 0.5) is 0 Å². The second-order valence-corrected chi connectivity index (χ2v) is 39.5. The van der Waals surface area contributed by atoms with E-state index in [0.717, 1.165) is 143 Å². The highest BCUT2D eigenvalue weighted by Crippen LogP contribution is 2.22. The normalized spacial score (nSPS) is 11.7. The zero-order valence-electron chi connectivity index (χ0n) is 85.5. The second kappa shape index (κ2) is 102. The molecule has 0 aromatic heterocycles. The van der Waals surface area contributed by atoms with Gasteiger partial charge in [-0.25, -0.2) is 0 Å². The molecular weight excluding hydrogens is 1510 g/mol. The number of nitrogens with zero attached hydrogens (tertiary/aromatic N) is 6. The number of hydrogen-bond donors (Lipinski definition) is 1. The minimum absolute atomic E-state index is 0.238. The smallest absolute Gasteiger partial charge is 0.236 e. The molecule has 4 amide bonds. The Morgan fingerprint density at radius 1 is 0.154 bits per heavy atom. The summed E-state index contributed by atoms with van der Waals surface area (Å²) in [5.74, 6) is 1.14. The lowest BCUT2D eigenvalue weighted by molar-refractivity contribution is -0.133. The van der Waals surface area contributed by atoms with Gasteiger partial charge in [0, 0.05) is 97.9 Å². The fourth-order valence-corrected chi connectivity index (χ4v) is 18.7. The van der Waals surface area contributed by atoms with Gasteiger partial charge in [-0.3, -0.25) is 24.1 Å². The van der Waals surface area contributed by atoms with E-state index in [1.807, 2.05) is 0 Å². The summed E-state index contributed by atoms with van der Waals surface area (Å²) in [7, 11) is 0. The van der Waals surface area contributed by atoms with Crippen molar-refractivity contribution in [3.63, 3.8) is 0 Å². The molecular formula is C112H225N7O4. The molecule has 0 spiro atoms. The Morgan fingerprint density at radius 3 is 0.561 bits per heavy atom. The fraction of sp³-hybridized carbons (Fsp3) is 0.964. The van der Waals surface area contributed by atoms with Crippen LogP contribution in [-0.4, -0.2) is 158 Å². The Labute approximate surface area is 772 Å². The summed E-state index contributed by atoms with van der Waals surface area (Å²) >= 11 is 0. The molecule has 0 aliphatic carbocycles. The molecule has 0 aliphatic heterocycles. The lowest BCUT2D eigenvalue weighted by Crippen LogP contribution is -2.46. The first-order chi connectivity index (χ1) is 60.6. The van der Waals surface area contributed by atoms with Gasteiger partial charge in [0.1, 0.15) is 0 Å². The molecule has 0 heterocycles. The van der Waals surface area contributed by atoms with E-state index in [1.165, 1.54) is 462 Å². The average Bonchev–Trinajstić information content (AvgIpc) is 0.871. The van der Waals surface area contributed by atoms with Crippen LogP contribution < -0.4 is 5.32 Å². The highest BCUT2D eigenvalue weighted by Gasteiger charge is 2.23. The number of amides is 4. The minimum Gasteiger partial charge on any atom is -0.343 e. The van der Waals surface area contributed by atoms with E-state index in [0.29, 0.717) is 50.8 Å². The van der Waals surface area contributed by atoms with Crippen LogP contribution in [0.5, 0.6) is 0 Å². The zero-order chi connectivity index (χ0) is 89.2. The fourth-order valence-electron chi connectivity index (χ4n) is 18.7. The molecule has 11 heteroatoms. The Morgan fingerprint density at radius 2 is 0.333 bits per heavy atom. The number of carbonyl (C=O) groups is 4. The molecule has 0 fully saturated rings. The maximum absolute atomic E-state index is 15.4. The van der Waals surface area contributed by atoms with Crippen LogP contribution >= 0.6 is 0 Å². The third-order valence-corrected chi connectivity index (χ3v) is 27.4. The number of rotatable bonds is 106. The van der Waals surface area contributed by atoms with Gasteiger partial charge in [0.15, 0.2) is 0 Å². The molecule has 1 N–H and O–H groups in total. The molecule has 0 unspecified atom stereocenters. The van der Waals surface area contributed by atoms with Crippen LogP contribution in [0.3, 0.4) is 0 Å². The molecule has 0 atom stereocenters. The van der Waals surface area contributed by atoms with Gasteiger partial charge in [0.05, 0.1) is 13.1 Å². The third-order valence-electron chi connectivity index (χ3n) is 27.4. The Hall–Kier alpha value is -2.24. The summed E-state index contributed by atoms with van der Waals surface area (Å²) in [4.78, 5) is 73.6. The van der Waals surface area contributed by atoms with E-state index in [9.17, 15) is 9.59 Å². The van der Waals surface area contributed by atoms with Crippen molar-refractivity contribution in [3.8, 4) is 0 Å². The Kier molecular flexibility index (Phi) is 100. The molecule has 0 aromatic carbocycles.